The molecule has 1 N–H and O–H groups in total. The lowest BCUT2D eigenvalue weighted by atomic mass is 10.2. The Morgan fingerprint density at radius 3 is 2.68 bits per heavy atom. The van der Waals surface area contributed by atoms with E-state index < -0.39 is 11.9 Å². The van der Waals surface area contributed by atoms with Crippen molar-refractivity contribution in [1.82, 2.24) is 15.0 Å². The number of aromatic nitrogens is 2. The minimum Gasteiger partial charge on any atom is -0.493 e. The number of benzene rings is 2. The van der Waals surface area contributed by atoms with Crippen molar-refractivity contribution in [2.45, 2.75) is 13.0 Å². The second-order valence-electron chi connectivity index (χ2n) is 6.00. The summed E-state index contributed by atoms with van der Waals surface area (Å²) in [4.78, 5) is 29.2. The van der Waals surface area contributed by atoms with E-state index >= 15 is 0 Å². The van der Waals surface area contributed by atoms with Gasteiger partial charge in [-0.2, -0.15) is 5.10 Å². The molecule has 8 nitrogen and oxygen atoms in total. The van der Waals surface area contributed by atoms with Gasteiger partial charge in [0, 0.05) is 0 Å². The van der Waals surface area contributed by atoms with Crippen molar-refractivity contribution in [3.63, 3.8) is 0 Å². The largest absolute Gasteiger partial charge is 0.493 e. The van der Waals surface area contributed by atoms with Crippen LogP contribution < -0.4 is 20.5 Å². The van der Waals surface area contributed by atoms with E-state index in [9.17, 15) is 9.59 Å². The predicted octanol–water partition coefficient (Wildman–Crippen LogP) is 2.12. The third-order valence-electron chi connectivity index (χ3n) is 4.28. The summed E-state index contributed by atoms with van der Waals surface area (Å²) in [6.45, 7) is 1.61. The first-order chi connectivity index (χ1) is 13.5. The highest BCUT2D eigenvalue weighted by molar-refractivity contribution is 5.85. The average molecular weight is 380 g/mol. The zero-order chi connectivity index (χ0) is 20.1. The van der Waals surface area contributed by atoms with E-state index in [1.165, 1.54) is 24.2 Å². The van der Waals surface area contributed by atoms with E-state index in [2.05, 4.69) is 15.5 Å². The highest BCUT2D eigenvalue weighted by atomic mass is 16.5. The van der Waals surface area contributed by atoms with E-state index in [1.54, 1.807) is 56.5 Å². The molecule has 1 amide bonds. The molecule has 0 saturated heterocycles. The molecule has 3 rings (SSSR count). The molecule has 0 bridgehead atoms. The Morgan fingerprint density at radius 1 is 1.18 bits per heavy atom. The number of hydrogen-bond donors (Lipinski definition) is 1. The number of hydrazone groups is 1. The van der Waals surface area contributed by atoms with Crippen molar-refractivity contribution >= 4 is 23.0 Å². The van der Waals surface area contributed by atoms with Crippen LogP contribution >= 0.6 is 0 Å². The minimum absolute atomic E-state index is 0.280. The van der Waals surface area contributed by atoms with E-state index in [0.29, 0.717) is 22.4 Å². The van der Waals surface area contributed by atoms with Gasteiger partial charge in [0.2, 0.25) is 0 Å². The summed E-state index contributed by atoms with van der Waals surface area (Å²) in [5.74, 6) is 0.719. The third-order valence-corrected chi connectivity index (χ3v) is 4.28. The molecular formula is C20H20N4O4. The molecule has 28 heavy (non-hydrogen) atoms. The zero-order valence-electron chi connectivity index (χ0n) is 15.7. The van der Waals surface area contributed by atoms with Crippen LogP contribution in [-0.4, -0.2) is 35.9 Å². The van der Waals surface area contributed by atoms with Gasteiger partial charge in [0.1, 0.15) is 6.04 Å². The summed E-state index contributed by atoms with van der Waals surface area (Å²) in [5, 5.41) is 4.41. The summed E-state index contributed by atoms with van der Waals surface area (Å²) in [7, 11) is 3.09. The third kappa shape index (κ3) is 3.85. The van der Waals surface area contributed by atoms with Gasteiger partial charge in [-0.05, 0) is 42.8 Å². The second-order valence-corrected chi connectivity index (χ2v) is 6.00. The Hall–Kier alpha value is -3.68. The standard InChI is InChI=1S/C20H20N4O4/c1-13(24-12-21-16-7-5-4-6-15(16)20(24)26)19(25)23-22-11-14-8-9-17(27-2)18(10-14)28-3/h4-13H,1-3H3,(H,23,25). The number of hydrogen-bond acceptors (Lipinski definition) is 6. The van der Waals surface area contributed by atoms with Crippen molar-refractivity contribution in [2.75, 3.05) is 14.2 Å². The predicted molar refractivity (Wildman–Crippen MR) is 106 cm³/mol. The maximum Gasteiger partial charge on any atom is 0.262 e. The van der Waals surface area contributed by atoms with Crippen LogP contribution in [0.3, 0.4) is 0 Å². The van der Waals surface area contributed by atoms with Gasteiger partial charge in [-0.1, -0.05) is 12.1 Å². The number of nitrogens with one attached hydrogen (secondary N) is 1. The van der Waals surface area contributed by atoms with Crippen molar-refractivity contribution in [1.29, 1.82) is 0 Å². The highest BCUT2D eigenvalue weighted by Gasteiger charge is 2.17. The number of carbonyl (C=O) groups is 1. The molecule has 1 aromatic heterocycles. The normalized spacial score (nSPS) is 12.1. The van der Waals surface area contributed by atoms with Gasteiger partial charge in [-0.15, -0.1) is 0 Å². The number of methoxy groups -OCH3 is 2. The highest BCUT2D eigenvalue weighted by Crippen LogP contribution is 2.26. The molecule has 2 aromatic carbocycles. The summed E-state index contributed by atoms with van der Waals surface area (Å²) in [5.41, 5.74) is 3.46. The van der Waals surface area contributed by atoms with E-state index in [-0.39, 0.29) is 5.56 Å². The summed E-state index contributed by atoms with van der Waals surface area (Å²) < 4.78 is 11.7. The number of amides is 1. The van der Waals surface area contributed by atoms with Crippen molar-refractivity contribution in [3.8, 4) is 11.5 Å². The van der Waals surface area contributed by atoms with Crippen LogP contribution in [0.15, 0.2) is 58.7 Å². The molecule has 144 valence electrons. The molecule has 3 aromatic rings. The monoisotopic (exact) mass is 380 g/mol. The molecule has 0 saturated carbocycles. The average Bonchev–Trinajstić information content (AvgIpc) is 2.73. The quantitative estimate of drug-likeness (QED) is 0.522. The van der Waals surface area contributed by atoms with Gasteiger partial charge in [-0.3, -0.25) is 14.2 Å². The maximum absolute atomic E-state index is 12.6. The lowest BCUT2D eigenvalue weighted by molar-refractivity contribution is -0.123. The van der Waals surface area contributed by atoms with Gasteiger partial charge >= 0.3 is 0 Å². The molecule has 1 heterocycles. The van der Waals surface area contributed by atoms with Crippen LogP contribution in [0.5, 0.6) is 11.5 Å². The fourth-order valence-corrected chi connectivity index (χ4v) is 2.68. The van der Waals surface area contributed by atoms with E-state index in [0.717, 1.165) is 5.56 Å². The molecule has 0 spiro atoms. The fourth-order valence-electron chi connectivity index (χ4n) is 2.68. The lowest BCUT2D eigenvalue weighted by Gasteiger charge is -2.13. The van der Waals surface area contributed by atoms with Crippen LogP contribution in [0.4, 0.5) is 0 Å². The van der Waals surface area contributed by atoms with E-state index in [4.69, 9.17) is 9.47 Å². The summed E-state index contributed by atoms with van der Waals surface area (Å²) in [6, 6.07) is 11.5. The molecule has 0 aliphatic rings. The van der Waals surface area contributed by atoms with E-state index in [1.807, 2.05) is 0 Å². The Morgan fingerprint density at radius 2 is 1.93 bits per heavy atom. The van der Waals surface area contributed by atoms with Gasteiger partial charge in [0.15, 0.2) is 11.5 Å². The first-order valence-electron chi connectivity index (χ1n) is 8.56. The Bertz CT molecular complexity index is 1090. The van der Waals surface area contributed by atoms with Crippen LogP contribution in [0.25, 0.3) is 10.9 Å². The molecule has 8 heteroatoms. The smallest absolute Gasteiger partial charge is 0.262 e. The Kier molecular flexibility index (Phi) is 5.69. The number of nitrogens with zero attached hydrogens (tertiary/aromatic N) is 3. The van der Waals surface area contributed by atoms with Crippen molar-refractivity contribution in [3.05, 3.63) is 64.7 Å². The molecule has 1 atom stereocenters. The number of ether oxygens (including phenoxy) is 2. The fraction of sp³-hybridized carbons (Fsp3) is 0.200. The van der Waals surface area contributed by atoms with Gasteiger partial charge in [-0.25, -0.2) is 10.4 Å². The number of fused-ring (bicyclic) bond motifs is 1. The first kappa shape index (κ1) is 19.1. The minimum atomic E-state index is -0.771. The SMILES string of the molecule is COc1ccc(C=NNC(=O)C(C)n2cnc3ccccc3c2=O)cc1OC. The van der Waals surface area contributed by atoms with Gasteiger partial charge in [0.25, 0.3) is 11.5 Å². The topological polar surface area (TPSA) is 94.8 Å². The number of para-hydroxylation sites is 1. The van der Waals surface area contributed by atoms with Crippen LogP contribution in [0, 0.1) is 0 Å². The summed E-state index contributed by atoms with van der Waals surface area (Å²) in [6.07, 6.45) is 2.85. The van der Waals surface area contributed by atoms with Crippen LogP contribution in [0.1, 0.15) is 18.5 Å². The molecule has 1 unspecified atom stereocenters. The Labute approximate surface area is 161 Å². The first-order valence-corrected chi connectivity index (χ1v) is 8.56. The van der Waals surface area contributed by atoms with Gasteiger partial charge < -0.3 is 9.47 Å². The van der Waals surface area contributed by atoms with Crippen molar-refractivity contribution in [2.24, 2.45) is 5.10 Å². The molecular weight excluding hydrogens is 360 g/mol. The van der Waals surface area contributed by atoms with Gasteiger partial charge in [0.05, 0.1) is 37.7 Å². The number of carbonyl (C=O) groups excluding carboxylic acids is 1. The maximum atomic E-state index is 12.6. The summed E-state index contributed by atoms with van der Waals surface area (Å²) >= 11 is 0. The Balaban J connectivity index is 1.74. The van der Waals surface area contributed by atoms with Crippen molar-refractivity contribution < 1.29 is 14.3 Å². The molecule has 0 radical (unpaired) electrons. The zero-order valence-corrected chi connectivity index (χ0v) is 15.7. The van der Waals surface area contributed by atoms with Crippen LogP contribution in [-0.2, 0) is 4.79 Å². The molecule has 0 fully saturated rings. The molecule has 0 aliphatic carbocycles. The second kappa shape index (κ2) is 8.34. The lowest BCUT2D eigenvalue weighted by Crippen LogP contribution is -2.33. The number of rotatable bonds is 6. The van der Waals surface area contributed by atoms with Crippen LogP contribution in [0.2, 0.25) is 0 Å². The molecule has 0 aliphatic heterocycles.